The Kier molecular flexibility index (Phi) is 3.92. The number of fused-ring (bicyclic) bond motifs is 2. The van der Waals surface area contributed by atoms with Gasteiger partial charge in [-0.25, -0.2) is 4.98 Å². The lowest BCUT2D eigenvalue weighted by Gasteiger charge is -2.15. The molecular weight excluding hydrogens is 316 g/mol. The monoisotopic (exact) mass is 336 g/mol. The fourth-order valence-corrected chi connectivity index (χ4v) is 3.58. The first-order valence-corrected chi connectivity index (χ1v) is 8.63. The molecule has 1 N–H and O–H groups in total. The average Bonchev–Trinajstić information content (AvgIpc) is 2.78. The number of benzene rings is 1. The smallest absolute Gasteiger partial charge is 0.181 e. The molecule has 0 bridgehead atoms. The number of carbonyl (C=O) groups is 1. The van der Waals surface area contributed by atoms with Crippen LogP contribution in [0.4, 0.5) is 0 Å². The zero-order chi connectivity index (χ0) is 17.4. The molecule has 5 nitrogen and oxygen atoms in total. The van der Waals surface area contributed by atoms with E-state index in [2.05, 4.69) is 4.98 Å². The number of rotatable bonds is 3. The standard InChI is InChI=1S/C20H20N2O3/c1-13-16(12-23)22-11-5-8-18(20(22)21-13)25-19-15-7-4-2-3-6-14(15)9-10-17(19)24/h5,8-12,24H,2-4,6-7H2,1H3. The third kappa shape index (κ3) is 2.65. The number of pyridine rings is 1. The molecule has 0 unspecified atom stereocenters. The van der Waals surface area contributed by atoms with E-state index in [0.29, 0.717) is 28.5 Å². The molecule has 1 aliphatic rings. The van der Waals surface area contributed by atoms with Crippen LogP contribution in [0, 0.1) is 6.92 Å². The minimum atomic E-state index is 0.140. The summed E-state index contributed by atoms with van der Waals surface area (Å²) in [7, 11) is 0. The Morgan fingerprint density at radius 2 is 2.04 bits per heavy atom. The number of phenols is 1. The Morgan fingerprint density at radius 3 is 2.88 bits per heavy atom. The Hall–Kier alpha value is -2.82. The summed E-state index contributed by atoms with van der Waals surface area (Å²) in [5.74, 6) is 1.19. The van der Waals surface area contributed by atoms with Gasteiger partial charge in [0.15, 0.2) is 29.2 Å². The molecule has 0 saturated heterocycles. The van der Waals surface area contributed by atoms with Crippen molar-refractivity contribution in [2.24, 2.45) is 0 Å². The average molecular weight is 336 g/mol. The van der Waals surface area contributed by atoms with Crippen molar-refractivity contribution in [1.82, 2.24) is 9.38 Å². The Bertz CT molecular complexity index is 959. The number of aldehydes is 1. The summed E-state index contributed by atoms with van der Waals surface area (Å²) < 4.78 is 7.86. The molecule has 2 aromatic heterocycles. The van der Waals surface area contributed by atoms with Gasteiger partial charge >= 0.3 is 0 Å². The quantitative estimate of drug-likeness (QED) is 0.574. The molecule has 128 valence electrons. The number of aryl methyl sites for hydroxylation is 2. The van der Waals surface area contributed by atoms with Gasteiger partial charge in [0, 0.05) is 11.8 Å². The third-order valence-corrected chi connectivity index (χ3v) is 4.87. The number of phenolic OH excluding ortho intramolecular Hbond substituents is 1. The number of aromatic hydroxyl groups is 1. The SMILES string of the molecule is Cc1nc2c(Oc3c(O)ccc4c3CCCCC4)cccn2c1C=O. The Morgan fingerprint density at radius 1 is 1.20 bits per heavy atom. The van der Waals surface area contributed by atoms with Crippen molar-refractivity contribution >= 4 is 11.9 Å². The van der Waals surface area contributed by atoms with E-state index in [0.717, 1.165) is 37.5 Å². The van der Waals surface area contributed by atoms with Crippen molar-refractivity contribution in [1.29, 1.82) is 0 Å². The summed E-state index contributed by atoms with van der Waals surface area (Å²) in [5, 5.41) is 10.4. The molecule has 4 rings (SSSR count). The summed E-state index contributed by atoms with van der Waals surface area (Å²) in [4.78, 5) is 15.8. The first kappa shape index (κ1) is 15.7. The summed E-state index contributed by atoms with van der Waals surface area (Å²) in [6.07, 6.45) is 7.93. The molecule has 1 aromatic carbocycles. The van der Waals surface area contributed by atoms with Gasteiger partial charge in [0.2, 0.25) is 0 Å². The van der Waals surface area contributed by atoms with E-state index >= 15 is 0 Å². The van der Waals surface area contributed by atoms with Crippen LogP contribution in [0.3, 0.4) is 0 Å². The predicted octanol–water partition coefficient (Wildman–Crippen LogP) is 4.22. The van der Waals surface area contributed by atoms with Gasteiger partial charge in [-0.15, -0.1) is 0 Å². The van der Waals surface area contributed by atoms with Gasteiger partial charge in [-0.2, -0.15) is 0 Å². The second-order valence-corrected chi connectivity index (χ2v) is 6.48. The number of nitrogens with zero attached hydrogens (tertiary/aromatic N) is 2. The second-order valence-electron chi connectivity index (χ2n) is 6.48. The fraction of sp³-hybridized carbons (Fsp3) is 0.300. The maximum atomic E-state index is 11.3. The van der Waals surface area contributed by atoms with E-state index in [1.807, 2.05) is 18.2 Å². The Labute approximate surface area is 145 Å². The molecule has 0 radical (unpaired) electrons. The number of carbonyl (C=O) groups excluding carboxylic acids is 1. The van der Waals surface area contributed by atoms with E-state index in [1.165, 1.54) is 12.0 Å². The van der Waals surface area contributed by atoms with E-state index in [9.17, 15) is 9.90 Å². The maximum Gasteiger partial charge on any atom is 0.181 e. The Balaban J connectivity index is 1.84. The van der Waals surface area contributed by atoms with Crippen molar-refractivity contribution in [3.63, 3.8) is 0 Å². The highest BCUT2D eigenvalue weighted by Gasteiger charge is 2.19. The lowest BCUT2D eigenvalue weighted by atomic mass is 10.0. The van der Waals surface area contributed by atoms with E-state index < -0.39 is 0 Å². The summed E-state index contributed by atoms with van der Waals surface area (Å²) in [6, 6.07) is 7.32. The van der Waals surface area contributed by atoms with Gasteiger partial charge in [0.05, 0.1) is 5.69 Å². The van der Waals surface area contributed by atoms with Crippen LogP contribution in [0.25, 0.3) is 5.65 Å². The molecule has 1 aliphatic carbocycles. The second kappa shape index (κ2) is 6.24. The highest BCUT2D eigenvalue weighted by atomic mass is 16.5. The molecule has 0 atom stereocenters. The molecule has 2 heterocycles. The van der Waals surface area contributed by atoms with Crippen LogP contribution in [0.5, 0.6) is 17.2 Å². The largest absolute Gasteiger partial charge is 0.504 e. The maximum absolute atomic E-state index is 11.3. The van der Waals surface area contributed by atoms with Crippen molar-refractivity contribution in [2.75, 3.05) is 0 Å². The molecule has 0 fully saturated rings. The zero-order valence-corrected chi connectivity index (χ0v) is 14.2. The van der Waals surface area contributed by atoms with E-state index in [1.54, 1.807) is 23.6 Å². The summed E-state index contributed by atoms with van der Waals surface area (Å²) >= 11 is 0. The number of hydrogen-bond donors (Lipinski definition) is 1. The summed E-state index contributed by atoms with van der Waals surface area (Å²) in [5.41, 5.74) is 4.06. The van der Waals surface area contributed by atoms with Crippen molar-refractivity contribution in [3.05, 3.63) is 53.0 Å². The first-order valence-electron chi connectivity index (χ1n) is 8.63. The highest BCUT2D eigenvalue weighted by molar-refractivity contribution is 5.77. The molecule has 0 saturated carbocycles. The van der Waals surface area contributed by atoms with Gasteiger partial charge in [0.1, 0.15) is 5.69 Å². The molecule has 0 amide bonds. The predicted molar refractivity (Wildman–Crippen MR) is 94.8 cm³/mol. The number of imidazole rings is 1. The lowest BCUT2D eigenvalue weighted by Crippen LogP contribution is -1.98. The van der Waals surface area contributed by atoms with Crippen LogP contribution in [-0.2, 0) is 12.8 Å². The van der Waals surface area contributed by atoms with Crippen molar-refractivity contribution in [3.8, 4) is 17.2 Å². The van der Waals surface area contributed by atoms with Crippen LogP contribution in [0.1, 0.15) is 46.6 Å². The van der Waals surface area contributed by atoms with Gasteiger partial charge in [-0.1, -0.05) is 12.5 Å². The normalized spacial score (nSPS) is 14.1. The molecule has 0 spiro atoms. The first-order chi connectivity index (χ1) is 12.2. The van der Waals surface area contributed by atoms with Gasteiger partial charge in [-0.3, -0.25) is 9.20 Å². The van der Waals surface area contributed by atoms with Crippen LogP contribution < -0.4 is 4.74 Å². The van der Waals surface area contributed by atoms with E-state index in [-0.39, 0.29) is 5.75 Å². The van der Waals surface area contributed by atoms with Crippen molar-refractivity contribution < 1.29 is 14.6 Å². The van der Waals surface area contributed by atoms with Gasteiger partial charge in [-0.05, 0) is 56.4 Å². The number of ether oxygens (including phenoxy) is 1. The van der Waals surface area contributed by atoms with Gasteiger partial charge < -0.3 is 9.84 Å². The van der Waals surface area contributed by atoms with Crippen molar-refractivity contribution in [2.45, 2.75) is 39.0 Å². The summed E-state index contributed by atoms with van der Waals surface area (Å²) in [6.45, 7) is 1.80. The minimum Gasteiger partial charge on any atom is -0.504 e. The molecule has 0 aliphatic heterocycles. The molecule has 25 heavy (non-hydrogen) atoms. The van der Waals surface area contributed by atoms with Crippen LogP contribution in [-0.4, -0.2) is 20.8 Å². The molecule has 3 aromatic rings. The molecular formula is C20H20N2O3. The fourth-order valence-electron chi connectivity index (χ4n) is 3.58. The molecule has 5 heteroatoms. The lowest BCUT2D eigenvalue weighted by molar-refractivity contribution is 0.111. The zero-order valence-electron chi connectivity index (χ0n) is 14.2. The van der Waals surface area contributed by atoms with Gasteiger partial charge in [0.25, 0.3) is 0 Å². The number of hydrogen-bond acceptors (Lipinski definition) is 4. The highest BCUT2D eigenvalue weighted by Crippen LogP contribution is 2.40. The van der Waals surface area contributed by atoms with E-state index in [4.69, 9.17) is 4.74 Å². The minimum absolute atomic E-state index is 0.140. The van der Waals surface area contributed by atoms with Crippen LogP contribution in [0.15, 0.2) is 30.5 Å². The van der Waals surface area contributed by atoms with Crippen LogP contribution >= 0.6 is 0 Å². The number of aromatic nitrogens is 2. The third-order valence-electron chi connectivity index (χ3n) is 4.87. The van der Waals surface area contributed by atoms with Crippen LogP contribution in [0.2, 0.25) is 0 Å². The topological polar surface area (TPSA) is 63.8 Å².